The van der Waals surface area contributed by atoms with Gasteiger partial charge in [-0.2, -0.15) is 0 Å². The summed E-state index contributed by atoms with van der Waals surface area (Å²) in [5, 5.41) is 10.2. The molecule has 1 atom stereocenters. The lowest BCUT2D eigenvalue weighted by Crippen LogP contribution is -2.37. The fraction of sp³-hybridized carbons (Fsp3) is 0.250. The molecule has 0 radical (unpaired) electrons. The third-order valence-corrected chi connectivity index (χ3v) is 4.08. The van der Waals surface area contributed by atoms with Crippen molar-refractivity contribution in [1.82, 2.24) is 5.32 Å². The van der Waals surface area contributed by atoms with Gasteiger partial charge in [0.05, 0.1) is 20.9 Å². The molecule has 0 bridgehead atoms. The number of hydrogen-bond acceptors (Lipinski definition) is 5. The monoisotopic (exact) mass is 363 g/mol. The fourth-order valence-electron chi connectivity index (χ4n) is 2.52. The van der Waals surface area contributed by atoms with Crippen molar-refractivity contribution in [2.75, 3.05) is 31.5 Å². The van der Waals surface area contributed by atoms with Crippen LogP contribution in [0.25, 0.3) is 0 Å². The summed E-state index contributed by atoms with van der Waals surface area (Å²) < 4.78 is 11.8. The van der Waals surface area contributed by atoms with E-state index in [0.29, 0.717) is 12.4 Å². The Labute approximate surface area is 138 Å². The fourth-order valence-corrected chi connectivity index (χ4v) is 2.92. The Hall–Kier alpha value is -1.92. The first-order valence-electron chi connectivity index (χ1n) is 6.96. The minimum Gasteiger partial charge on any atom is -0.493 e. The Morgan fingerprint density at radius 1 is 1.14 bits per heavy atom. The van der Waals surface area contributed by atoms with Gasteiger partial charge < -0.3 is 20.1 Å². The standard InChI is InChI=1S/C16H18BrN3O2/c1-21-14-7-12-13(8-15(14)22-2)18-9-19-16(12)20-11-5-3-4-10(17)6-11/h3-8,16,18-20H,9H2,1-2H3. The molecule has 3 N–H and O–H groups in total. The molecular formula is C16H18BrN3O2. The number of halogens is 1. The second-order valence-corrected chi connectivity index (χ2v) is 5.86. The van der Waals surface area contributed by atoms with E-state index in [4.69, 9.17) is 9.47 Å². The van der Waals surface area contributed by atoms with Gasteiger partial charge in [-0.15, -0.1) is 0 Å². The second kappa shape index (κ2) is 6.46. The van der Waals surface area contributed by atoms with Crippen molar-refractivity contribution >= 4 is 27.3 Å². The summed E-state index contributed by atoms with van der Waals surface area (Å²) in [6, 6.07) is 12.0. The van der Waals surface area contributed by atoms with E-state index in [1.807, 2.05) is 36.4 Å². The van der Waals surface area contributed by atoms with Crippen LogP contribution in [0.15, 0.2) is 40.9 Å². The van der Waals surface area contributed by atoms with Crippen LogP contribution in [0.1, 0.15) is 11.7 Å². The summed E-state index contributed by atoms with van der Waals surface area (Å²) >= 11 is 3.49. The van der Waals surface area contributed by atoms with Gasteiger partial charge in [0.25, 0.3) is 0 Å². The van der Waals surface area contributed by atoms with E-state index in [2.05, 4.69) is 31.9 Å². The molecule has 22 heavy (non-hydrogen) atoms. The van der Waals surface area contributed by atoms with Crippen LogP contribution in [0.2, 0.25) is 0 Å². The number of anilines is 2. The average Bonchev–Trinajstić information content (AvgIpc) is 2.54. The maximum absolute atomic E-state index is 5.40. The van der Waals surface area contributed by atoms with Gasteiger partial charge in [-0.1, -0.05) is 22.0 Å². The molecule has 5 nitrogen and oxygen atoms in total. The number of rotatable bonds is 4. The van der Waals surface area contributed by atoms with Gasteiger partial charge in [-0.3, -0.25) is 5.32 Å². The highest BCUT2D eigenvalue weighted by atomic mass is 79.9. The van der Waals surface area contributed by atoms with E-state index in [1.165, 1.54) is 0 Å². The summed E-state index contributed by atoms with van der Waals surface area (Å²) in [5.41, 5.74) is 3.15. The molecule has 0 spiro atoms. The van der Waals surface area contributed by atoms with Crippen molar-refractivity contribution in [2.45, 2.75) is 6.17 Å². The van der Waals surface area contributed by atoms with Crippen molar-refractivity contribution in [3.63, 3.8) is 0 Å². The summed E-state index contributed by atoms with van der Waals surface area (Å²) in [7, 11) is 3.28. The molecule has 0 saturated heterocycles. The van der Waals surface area contributed by atoms with Gasteiger partial charge in [-0.25, -0.2) is 0 Å². The minimum atomic E-state index is -0.00893. The van der Waals surface area contributed by atoms with Crippen molar-refractivity contribution < 1.29 is 9.47 Å². The molecular weight excluding hydrogens is 346 g/mol. The molecule has 2 aromatic carbocycles. The highest BCUT2D eigenvalue weighted by molar-refractivity contribution is 9.10. The lowest BCUT2D eigenvalue weighted by Gasteiger charge is -2.30. The van der Waals surface area contributed by atoms with Crippen LogP contribution in [-0.4, -0.2) is 20.9 Å². The molecule has 0 fully saturated rings. The summed E-state index contributed by atoms with van der Waals surface area (Å²) in [6.07, 6.45) is -0.00893. The quantitative estimate of drug-likeness (QED) is 0.775. The summed E-state index contributed by atoms with van der Waals surface area (Å²) in [6.45, 7) is 0.675. The number of methoxy groups -OCH3 is 2. The Balaban J connectivity index is 1.93. The molecule has 0 aromatic heterocycles. The Morgan fingerprint density at radius 2 is 1.91 bits per heavy atom. The smallest absolute Gasteiger partial charge is 0.162 e. The van der Waals surface area contributed by atoms with Crippen molar-refractivity contribution in [3.8, 4) is 11.5 Å². The number of benzene rings is 2. The highest BCUT2D eigenvalue weighted by Gasteiger charge is 2.22. The number of ether oxygens (including phenoxy) is 2. The van der Waals surface area contributed by atoms with E-state index >= 15 is 0 Å². The molecule has 2 aromatic rings. The van der Waals surface area contributed by atoms with Crippen LogP contribution < -0.4 is 25.4 Å². The Bertz CT molecular complexity index is 678. The predicted octanol–water partition coefficient (Wildman–Crippen LogP) is 3.55. The van der Waals surface area contributed by atoms with Crippen LogP contribution >= 0.6 is 15.9 Å². The molecule has 1 aliphatic heterocycles. The molecule has 1 aliphatic rings. The minimum absolute atomic E-state index is 0.00893. The molecule has 0 saturated carbocycles. The van der Waals surface area contributed by atoms with E-state index < -0.39 is 0 Å². The average molecular weight is 364 g/mol. The number of hydrogen-bond donors (Lipinski definition) is 3. The van der Waals surface area contributed by atoms with E-state index in [1.54, 1.807) is 14.2 Å². The maximum atomic E-state index is 5.40. The zero-order valence-corrected chi connectivity index (χ0v) is 14.0. The Morgan fingerprint density at radius 3 is 2.64 bits per heavy atom. The first-order chi connectivity index (χ1) is 10.7. The van der Waals surface area contributed by atoms with E-state index in [9.17, 15) is 0 Å². The van der Waals surface area contributed by atoms with Gasteiger partial charge in [0, 0.05) is 27.5 Å². The second-order valence-electron chi connectivity index (χ2n) is 4.94. The molecule has 1 unspecified atom stereocenters. The van der Waals surface area contributed by atoms with Crippen molar-refractivity contribution in [2.24, 2.45) is 0 Å². The third-order valence-electron chi connectivity index (χ3n) is 3.59. The molecule has 1 heterocycles. The zero-order valence-electron chi connectivity index (χ0n) is 12.4. The van der Waals surface area contributed by atoms with Crippen LogP contribution in [0.4, 0.5) is 11.4 Å². The SMILES string of the molecule is COc1cc2c(cc1OC)C(Nc1cccc(Br)c1)NCN2. The third kappa shape index (κ3) is 2.98. The lowest BCUT2D eigenvalue weighted by molar-refractivity contribution is 0.354. The maximum Gasteiger partial charge on any atom is 0.162 e. The highest BCUT2D eigenvalue weighted by Crippen LogP contribution is 2.37. The van der Waals surface area contributed by atoms with E-state index in [-0.39, 0.29) is 6.17 Å². The predicted molar refractivity (Wildman–Crippen MR) is 91.7 cm³/mol. The van der Waals surface area contributed by atoms with Crippen LogP contribution in [0, 0.1) is 0 Å². The molecule has 0 amide bonds. The first-order valence-corrected chi connectivity index (χ1v) is 7.76. The van der Waals surface area contributed by atoms with Gasteiger partial charge >= 0.3 is 0 Å². The Kier molecular flexibility index (Phi) is 4.40. The van der Waals surface area contributed by atoms with Crippen molar-refractivity contribution in [3.05, 3.63) is 46.4 Å². The first kappa shape index (κ1) is 15.0. The molecule has 116 valence electrons. The van der Waals surface area contributed by atoms with Crippen LogP contribution in [0.3, 0.4) is 0 Å². The van der Waals surface area contributed by atoms with Crippen LogP contribution in [0.5, 0.6) is 11.5 Å². The van der Waals surface area contributed by atoms with Crippen molar-refractivity contribution in [1.29, 1.82) is 0 Å². The molecule has 3 rings (SSSR count). The summed E-state index contributed by atoms with van der Waals surface area (Å²) in [4.78, 5) is 0. The largest absolute Gasteiger partial charge is 0.493 e. The summed E-state index contributed by atoms with van der Waals surface area (Å²) in [5.74, 6) is 1.43. The normalized spacial score (nSPS) is 16.4. The van der Waals surface area contributed by atoms with Gasteiger partial charge in [0.15, 0.2) is 11.5 Å². The van der Waals surface area contributed by atoms with Crippen LogP contribution in [-0.2, 0) is 0 Å². The number of nitrogens with one attached hydrogen (secondary N) is 3. The topological polar surface area (TPSA) is 54.6 Å². The van der Waals surface area contributed by atoms with E-state index in [0.717, 1.165) is 27.2 Å². The lowest BCUT2D eigenvalue weighted by atomic mass is 10.1. The zero-order chi connectivity index (χ0) is 15.5. The van der Waals surface area contributed by atoms with Gasteiger partial charge in [0.2, 0.25) is 0 Å². The van der Waals surface area contributed by atoms with Gasteiger partial charge in [0.1, 0.15) is 6.17 Å². The molecule has 0 aliphatic carbocycles. The van der Waals surface area contributed by atoms with Gasteiger partial charge in [-0.05, 0) is 24.3 Å². The number of fused-ring (bicyclic) bond motifs is 1. The molecule has 6 heteroatoms.